The third-order valence-corrected chi connectivity index (χ3v) is 2.88. The summed E-state index contributed by atoms with van der Waals surface area (Å²) >= 11 is 0. The Hall–Kier alpha value is -1.59. The van der Waals surface area contributed by atoms with Gasteiger partial charge in [0.25, 0.3) is 5.91 Å². The predicted octanol–water partition coefficient (Wildman–Crippen LogP) is 1.13. The lowest BCUT2D eigenvalue weighted by molar-refractivity contribution is 0.0754. The van der Waals surface area contributed by atoms with Crippen LogP contribution in [0.2, 0.25) is 0 Å². The van der Waals surface area contributed by atoms with Gasteiger partial charge in [0.15, 0.2) is 0 Å². The van der Waals surface area contributed by atoms with Crippen LogP contribution in [0.3, 0.4) is 0 Å². The molecular formula is C13H21N3O2. The zero-order valence-electron chi connectivity index (χ0n) is 10.9. The average molecular weight is 251 g/mol. The van der Waals surface area contributed by atoms with Crippen LogP contribution in [-0.2, 0) is 0 Å². The molecule has 100 valence electrons. The molecule has 1 aromatic carbocycles. The van der Waals surface area contributed by atoms with Gasteiger partial charge in [0, 0.05) is 25.3 Å². The number of aryl methyl sites for hydroxylation is 1. The quantitative estimate of drug-likeness (QED) is 0.523. The Morgan fingerprint density at radius 2 is 2.22 bits per heavy atom. The number of nitrogens with one attached hydrogen (secondary N) is 1. The van der Waals surface area contributed by atoms with Gasteiger partial charge in [-0.2, -0.15) is 0 Å². The van der Waals surface area contributed by atoms with Crippen LogP contribution >= 0.6 is 0 Å². The summed E-state index contributed by atoms with van der Waals surface area (Å²) in [5.74, 6) is 5.34. The number of aliphatic hydroxyl groups is 1. The van der Waals surface area contributed by atoms with Crippen LogP contribution in [0.25, 0.3) is 0 Å². The van der Waals surface area contributed by atoms with E-state index >= 15 is 0 Å². The van der Waals surface area contributed by atoms with Crippen molar-refractivity contribution in [3.63, 3.8) is 0 Å². The van der Waals surface area contributed by atoms with Crippen molar-refractivity contribution < 1.29 is 9.90 Å². The fourth-order valence-electron chi connectivity index (χ4n) is 1.81. The summed E-state index contributed by atoms with van der Waals surface area (Å²) < 4.78 is 0. The van der Waals surface area contributed by atoms with E-state index in [1.807, 2.05) is 19.9 Å². The van der Waals surface area contributed by atoms with Crippen LogP contribution in [0, 0.1) is 6.92 Å². The molecule has 0 saturated heterocycles. The SMILES string of the molecule is CCN(CCCO)C(=O)c1ccc(NN)c(C)c1. The molecule has 0 saturated carbocycles. The van der Waals surface area contributed by atoms with Gasteiger partial charge < -0.3 is 15.4 Å². The van der Waals surface area contributed by atoms with E-state index in [-0.39, 0.29) is 12.5 Å². The summed E-state index contributed by atoms with van der Waals surface area (Å²) in [6.07, 6.45) is 0.598. The van der Waals surface area contributed by atoms with Gasteiger partial charge in [0.05, 0.1) is 5.69 Å². The van der Waals surface area contributed by atoms with E-state index < -0.39 is 0 Å². The van der Waals surface area contributed by atoms with Gasteiger partial charge in [-0.1, -0.05) is 0 Å². The molecule has 0 aromatic heterocycles. The Bertz CT molecular complexity index is 407. The highest BCUT2D eigenvalue weighted by molar-refractivity contribution is 5.94. The third-order valence-electron chi connectivity index (χ3n) is 2.88. The van der Waals surface area contributed by atoms with Crippen molar-refractivity contribution in [2.45, 2.75) is 20.3 Å². The molecule has 0 aliphatic heterocycles. The minimum atomic E-state index is -0.0161. The number of nitrogens with two attached hydrogens (primary N) is 1. The van der Waals surface area contributed by atoms with Crippen molar-refractivity contribution in [1.29, 1.82) is 0 Å². The predicted molar refractivity (Wildman–Crippen MR) is 72.3 cm³/mol. The monoisotopic (exact) mass is 251 g/mol. The van der Waals surface area contributed by atoms with Gasteiger partial charge in [-0.05, 0) is 44.0 Å². The van der Waals surface area contributed by atoms with Crippen molar-refractivity contribution >= 4 is 11.6 Å². The second-order valence-electron chi connectivity index (χ2n) is 4.14. The molecule has 0 heterocycles. The molecular weight excluding hydrogens is 230 g/mol. The molecule has 1 aromatic rings. The smallest absolute Gasteiger partial charge is 0.253 e. The highest BCUT2D eigenvalue weighted by Crippen LogP contribution is 2.16. The Balaban J connectivity index is 2.84. The highest BCUT2D eigenvalue weighted by Gasteiger charge is 2.14. The first-order chi connectivity index (χ1) is 8.63. The van der Waals surface area contributed by atoms with Gasteiger partial charge in [0.2, 0.25) is 0 Å². The molecule has 0 unspecified atom stereocenters. The second-order valence-corrected chi connectivity index (χ2v) is 4.14. The van der Waals surface area contributed by atoms with Crippen LogP contribution in [0.5, 0.6) is 0 Å². The Morgan fingerprint density at radius 1 is 1.50 bits per heavy atom. The molecule has 1 rings (SSSR count). The number of nitrogens with zero attached hydrogens (tertiary/aromatic N) is 1. The van der Waals surface area contributed by atoms with Gasteiger partial charge in [-0.25, -0.2) is 0 Å². The summed E-state index contributed by atoms with van der Waals surface area (Å²) in [5, 5.41) is 8.82. The largest absolute Gasteiger partial charge is 0.396 e. The maximum atomic E-state index is 12.2. The van der Waals surface area contributed by atoms with E-state index in [0.717, 1.165) is 11.3 Å². The molecule has 1 amide bonds. The molecule has 5 nitrogen and oxygen atoms in total. The number of anilines is 1. The number of hydrogen-bond donors (Lipinski definition) is 3. The molecule has 5 heteroatoms. The standard InChI is InChI=1S/C13H21N3O2/c1-3-16(7-4-8-17)13(18)11-5-6-12(15-14)10(2)9-11/h5-6,9,15,17H,3-4,7-8,14H2,1-2H3. The van der Waals surface area contributed by atoms with E-state index in [1.54, 1.807) is 17.0 Å². The van der Waals surface area contributed by atoms with Gasteiger partial charge >= 0.3 is 0 Å². The molecule has 0 aliphatic carbocycles. The molecule has 0 radical (unpaired) electrons. The lowest BCUT2D eigenvalue weighted by atomic mass is 10.1. The maximum absolute atomic E-state index is 12.2. The summed E-state index contributed by atoms with van der Waals surface area (Å²) in [6.45, 7) is 5.13. The van der Waals surface area contributed by atoms with Crippen LogP contribution in [-0.4, -0.2) is 35.6 Å². The number of hydrogen-bond acceptors (Lipinski definition) is 4. The molecule has 0 aliphatic rings. The molecule has 0 spiro atoms. The zero-order chi connectivity index (χ0) is 13.5. The van der Waals surface area contributed by atoms with Gasteiger partial charge in [-0.3, -0.25) is 10.6 Å². The van der Waals surface area contributed by atoms with Gasteiger partial charge in [-0.15, -0.1) is 0 Å². The summed E-state index contributed by atoms with van der Waals surface area (Å²) in [4.78, 5) is 13.9. The number of benzene rings is 1. The molecule has 18 heavy (non-hydrogen) atoms. The molecule has 0 bridgehead atoms. The molecule has 0 atom stereocenters. The third kappa shape index (κ3) is 3.45. The van der Waals surface area contributed by atoms with E-state index in [2.05, 4.69) is 5.43 Å². The van der Waals surface area contributed by atoms with E-state index in [1.165, 1.54) is 0 Å². The van der Waals surface area contributed by atoms with Crippen LogP contribution in [0.15, 0.2) is 18.2 Å². The summed E-state index contributed by atoms with van der Waals surface area (Å²) in [5.41, 5.74) is 4.97. The number of amides is 1. The number of rotatable bonds is 6. The first kappa shape index (κ1) is 14.5. The average Bonchev–Trinajstić information content (AvgIpc) is 2.39. The topological polar surface area (TPSA) is 78.6 Å². The fraction of sp³-hybridized carbons (Fsp3) is 0.462. The summed E-state index contributed by atoms with van der Waals surface area (Å²) in [7, 11) is 0. The number of nitrogen functional groups attached to an aromatic ring is 1. The number of hydrazine groups is 1. The zero-order valence-corrected chi connectivity index (χ0v) is 10.9. The summed E-state index contributed by atoms with van der Waals surface area (Å²) in [6, 6.07) is 5.37. The Labute approximate surface area is 108 Å². The Morgan fingerprint density at radius 3 is 2.72 bits per heavy atom. The van der Waals surface area contributed by atoms with Crippen LogP contribution in [0.4, 0.5) is 5.69 Å². The number of carbonyl (C=O) groups excluding carboxylic acids is 1. The van der Waals surface area contributed by atoms with Crippen molar-refractivity contribution in [1.82, 2.24) is 4.90 Å². The molecule has 4 N–H and O–H groups in total. The maximum Gasteiger partial charge on any atom is 0.253 e. The lowest BCUT2D eigenvalue weighted by Crippen LogP contribution is -2.32. The van der Waals surface area contributed by atoms with Crippen LogP contribution < -0.4 is 11.3 Å². The van der Waals surface area contributed by atoms with E-state index in [4.69, 9.17) is 10.9 Å². The van der Waals surface area contributed by atoms with Crippen molar-refractivity contribution in [2.75, 3.05) is 25.1 Å². The van der Waals surface area contributed by atoms with E-state index in [9.17, 15) is 4.79 Å². The minimum Gasteiger partial charge on any atom is -0.396 e. The minimum absolute atomic E-state index is 0.0161. The molecule has 0 fully saturated rings. The van der Waals surface area contributed by atoms with E-state index in [0.29, 0.717) is 25.1 Å². The van der Waals surface area contributed by atoms with Gasteiger partial charge in [0.1, 0.15) is 0 Å². The second kappa shape index (κ2) is 6.98. The van der Waals surface area contributed by atoms with Crippen molar-refractivity contribution in [3.8, 4) is 0 Å². The number of aliphatic hydroxyl groups excluding tert-OH is 1. The number of carbonyl (C=O) groups is 1. The Kier molecular flexibility index (Phi) is 5.61. The first-order valence-corrected chi connectivity index (χ1v) is 6.11. The fourth-order valence-corrected chi connectivity index (χ4v) is 1.81. The van der Waals surface area contributed by atoms with Crippen molar-refractivity contribution in [3.05, 3.63) is 29.3 Å². The lowest BCUT2D eigenvalue weighted by Gasteiger charge is -2.21. The van der Waals surface area contributed by atoms with Crippen molar-refractivity contribution in [2.24, 2.45) is 5.84 Å². The highest BCUT2D eigenvalue weighted by atomic mass is 16.3. The normalized spacial score (nSPS) is 10.2. The first-order valence-electron chi connectivity index (χ1n) is 6.11. The van der Waals surface area contributed by atoms with Crippen LogP contribution in [0.1, 0.15) is 29.3 Å².